The summed E-state index contributed by atoms with van der Waals surface area (Å²) in [6, 6.07) is 7.45. The molecule has 1 aliphatic heterocycles. The first-order valence-corrected chi connectivity index (χ1v) is 7.42. The number of benzene rings is 1. The zero-order valence-corrected chi connectivity index (χ0v) is 12.3. The monoisotopic (exact) mass is 262 g/mol. The van der Waals surface area contributed by atoms with E-state index in [1.807, 2.05) is 13.0 Å². The van der Waals surface area contributed by atoms with E-state index in [2.05, 4.69) is 36.6 Å². The molecule has 0 aliphatic carbocycles. The molecule has 0 spiro atoms. The van der Waals surface area contributed by atoms with Crippen LogP contribution in [0, 0.1) is 6.92 Å². The minimum Gasteiger partial charge on any atom is -0.494 e. The van der Waals surface area contributed by atoms with Crippen LogP contribution in [-0.2, 0) is 0 Å². The van der Waals surface area contributed by atoms with Gasteiger partial charge in [-0.2, -0.15) is 0 Å². The molecule has 0 saturated carbocycles. The van der Waals surface area contributed by atoms with E-state index in [0.29, 0.717) is 12.1 Å². The Kier molecular flexibility index (Phi) is 5.08. The minimum absolute atomic E-state index is 0.493. The van der Waals surface area contributed by atoms with Crippen molar-refractivity contribution in [1.29, 1.82) is 0 Å². The predicted octanol–water partition coefficient (Wildman–Crippen LogP) is 3.34. The van der Waals surface area contributed by atoms with Crippen molar-refractivity contribution in [2.24, 2.45) is 0 Å². The molecular formula is C16H26N2O. The number of anilines is 1. The van der Waals surface area contributed by atoms with Crippen LogP contribution in [0.1, 0.15) is 38.7 Å². The van der Waals surface area contributed by atoms with Gasteiger partial charge in [0, 0.05) is 17.8 Å². The fourth-order valence-corrected chi connectivity index (χ4v) is 2.76. The van der Waals surface area contributed by atoms with Crippen molar-refractivity contribution < 1.29 is 4.74 Å². The SMILES string of the molecule is CCOc1ccc(NC(C)CC2CCCN2)c(C)c1. The summed E-state index contributed by atoms with van der Waals surface area (Å²) in [6.07, 6.45) is 3.82. The molecule has 2 rings (SSSR count). The smallest absolute Gasteiger partial charge is 0.119 e. The molecule has 1 aromatic carbocycles. The van der Waals surface area contributed by atoms with Crippen LogP contribution in [-0.4, -0.2) is 25.2 Å². The van der Waals surface area contributed by atoms with Crippen LogP contribution in [0.2, 0.25) is 0 Å². The first-order chi connectivity index (χ1) is 9.19. The molecule has 1 aliphatic rings. The van der Waals surface area contributed by atoms with Crippen molar-refractivity contribution in [2.45, 2.75) is 52.1 Å². The zero-order chi connectivity index (χ0) is 13.7. The van der Waals surface area contributed by atoms with Crippen LogP contribution >= 0.6 is 0 Å². The molecule has 19 heavy (non-hydrogen) atoms. The van der Waals surface area contributed by atoms with Gasteiger partial charge in [0.05, 0.1) is 6.61 Å². The molecule has 2 atom stereocenters. The largest absolute Gasteiger partial charge is 0.494 e. The lowest BCUT2D eigenvalue weighted by Gasteiger charge is -2.21. The Morgan fingerprint density at radius 3 is 2.95 bits per heavy atom. The van der Waals surface area contributed by atoms with Gasteiger partial charge >= 0.3 is 0 Å². The van der Waals surface area contributed by atoms with Crippen molar-refractivity contribution in [1.82, 2.24) is 5.32 Å². The number of aryl methyl sites for hydroxylation is 1. The third-order valence-corrected chi connectivity index (χ3v) is 3.71. The Labute approximate surface area is 116 Å². The molecule has 106 valence electrons. The molecule has 1 fully saturated rings. The highest BCUT2D eigenvalue weighted by molar-refractivity contribution is 5.54. The van der Waals surface area contributed by atoms with E-state index in [0.717, 1.165) is 12.4 Å². The molecule has 0 aromatic heterocycles. The normalized spacial score (nSPS) is 20.3. The summed E-state index contributed by atoms with van der Waals surface area (Å²) in [6.45, 7) is 8.30. The van der Waals surface area contributed by atoms with Crippen molar-refractivity contribution in [2.75, 3.05) is 18.5 Å². The lowest BCUT2D eigenvalue weighted by Crippen LogP contribution is -2.29. The number of nitrogens with one attached hydrogen (secondary N) is 2. The maximum Gasteiger partial charge on any atom is 0.119 e. The van der Waals surface area contributed by atoms with Crippen LogP contribution in [0.3, 0.4) is 0 Å². The van der Waals surface area contributed by atoms with Crippen molar-refractivity contribution in [3.8, 4) is 5.75 Å². The van der Waals surface area contributed by atoms with Gasteiger partial charge < -0.3 is 15.4 Å². The van der Waals surface area contributed by atoms with Gasteiger partial charge in [0.1, 0.15) is 5.75 Å². The van der Waals surface area contributed by atoms with Crippen LogP contribution < -0.4 is 15.4 Å². The van der Waals surface area contributed by atoms with Crippen LogP contribution in [0.25, 0.3) is 0 Å². The van der Waals surface area contributed by atoms with Crippen molar-refractivity contribution in [3.63, 3.8) is 0 Å². The minimum atomic E-state index is 0.493. The van der Waals surface area contributed by atoms with E-state index in [9.17, 15) is 0 Å². The summed E-state index contributed by atoms with van der Waals surface area (Å²) in [5.41, 5.74) is 2.46. The fraction of sp³-hybridized carbons (Fsp3) is 0.625. The highest BCUT2D eigenvalue weighted by atomic mass is 16.5. The lowest BCUT2D eigenvalue weighted by molar-refractivity contribution is 0.340. The topological polar surface area (TPSA) is 33.3 Å². The van der Waals surface area contributed by atoms with Gasteiger partial charge in [0.15, 0.2) is 0 Å². The molecule has 1 heterocycles. The highest BCUT2D eigenvalue weighted by Crippen LogP contribution is 2.23. The maximum absolute atomic E-state index is 5.52. The predicted molar refractivity (Wildman–Crippen MR) is 81.1 cm³/mol. The third kappa shape index (κ3) is 4.13. The standard InChI is InChI=1S/C16H26N2O/c1-4-19-15-7-8-16(12(2)10-15)18-13(3)11-14-6-5-9-17-14/h7-8,10,13-14,17-18H,4-6,9,11H2,1-3H3. The molecule has 1 saturated heterocycles. The molecule has 1 aromatic rings. The maximum atomic E-state index is 5.52. The molecule has 0 amide bonds. The molecule has 2 N–H and O–H groups in total. The summed E-state index contributed by atoms with van der Waals surface area (Å²) in [7, 11) is 0. The average molecular weight is 262 g/mol. The van der Waals surface area contributed by atoms with E-state index in [4.69, 9.17) is 4.74 Å². The molecular weight excluding hydrogens is 236 g/mol. The highest BCUT2D eigenvalue weighted by Gasteiger charge is 2.17. The first kappa shape index (κ1) is 14.2. The summed E-state index contributed by atoms with van der Waals surface area (Å²) < 4.78 is 5.52. The summed E-state index contributed by atoms with van der Waals surface area (Å²) in [5, 5.41) is 7.16. The van der Waals surface area contributed by atoms with Gasteiger partial charge in [-0.1, -0.05) is 0 Å². The molecule has 3 nitrogen and oxygen atoms in total. The lowest BCUT2D eigenvalue weighted by atomic mass is 10.1. The van der Waals surface area contributed by atoms with Gasteiger partial charge in [-0.25, -0.2) is 0 Å². The van der Waals surface area contributed by atoms with Gasteiger partial charge in [0.2, 0.25) is 0 Å². The van der Waals surface area contributed by atoms with Crippen molar-refractivity contribution in [3.05, 3.63) is 23.8 Å². The molecule has 0 radical (unpaired) electrons. The van der Waals surface area contributed by atoms with E-state index in [-0.39, 0.29) is 0 Å². The zero-order valence-electron chi connectivity index (χ0n) is 12.3. The van der Waals surface area contributed by atoms with Gasteiger partial charge in [-0.05, 0) is 70.3 Å². The van der Waals surface area contributed by atoms with Crippen molar-refractivity contribution >= 4 is 5.69 Å². The first-order valence-electron chi connectivity index (χ1n) is 7.42. The van der Waals surface area contributed by atoms with Crippen LogP contribution in [0.5, 0.6) is 5.75 Å². The van der Waals surface area contributed by atoms with E-state index >= 15 is 0 Å². The number of hydrogen-bond acceptors (Lipinski definition) is 3. The van der Waals surface area contributed by atoms with Crippen LogP contribution in [0.4, 0.5) is 5.69 Å². The van der Waals surface area contributed by atoms with E-state index in [1.54, 1.807) is 0 Å². The summed E-state index contributed by atoms with van der Waals surface area (Å²) in [4.78, 5) is 0. The Hall–Kier alpha value is -1.22. The van der Waals surface area contributed by atoms with E-state index in [1.165, 1.54) is 37.1 Å². The quantitative estimate of drug-likeness (QED) is 0.825. The summed E-state index contributed by atoms with van der Waals surface area (Å²) in [5.74, 6) is 0.954. The summed E-state index contributed by atoms with van der Waals surface area (Å²) >= 11 is 0. The fourth-order valence-electron chi connectivity index (χ4n) is 2.76. The van der Waals surface area contributed by atoms with Gasteiger partial charge in [0.25, 0.3) is 0 Å². The Morgan fingerprint density at radius 1 is 1.47 bits per heavy atom. The number of hydrogen-bond donors (Lipinski definition) is 2. The second-order valence-electron chi connectivity index (χ2n) is 5.48. The van der Waals surface area contributed by atoms with Gasteiger partial charge in [-0.15, -0.1) is 0 Å². The second-order valence-corrected chi connectivity index (χ2v) is 5.48. The average Bonchev–Trinajstić information content (AvgIpc) is 2.86. The molecule has 3 heteroatoms. The van der Waals surface area contributed by atoms with E-state index < -0.39 is 0 Å². The number of ether oxygens (including phenoxy) is 1. The molecule has 0 bridgehead atoms. The second kappa shape index (κ2) is 6.80. The van der Waals surface area contributed by atoms with Gasteiger partial charge in [-0.3, -0.25) is 0 Å². The third-order valence-electron chi connectivity index (χ3n) is 3.71. The Bertz CT molecular complexity index is 400. The number of rotatable bonds is 6. The Morgan fingerprint density at radius 2 is 2.32 bits per heavy atom. The van der Waals surface area contributed by atoms with Crippen LogP contribution in [0.15, 0.2) is 18.2 Å². The Balaban J connectivity index is 1.90. The molecule has 2 unspecified atom stereocenters.